The first kappa shape index (κ1) is 20.3. The largest absolute Gasteiger partial charge is 0.341 e. The average Bonchev–Trinajstić information content (AvgIpc) is 3.25. The number of benzene rings is 1. The zero-order valence-electron chi connectivity index (χ0n) is 17.0. The number of likely N-dealkylation sites (tertiary alicyclic amines) is 1. The maximum atomic E-state index is 13.2. The minimum Gasteiger partial charge on any atom is -0.341 e. The summed E-state index contributed by atoms with van der Waals surface area (Å²) in [6, 6.07) is 4.99. The van der Waals surface area contributed by atoms with E-state index in [1.54, 1.807) is 27.4 Å². The second kappa shape index (κ2) is 8.07. The minimum absolute atomic E-state index is 0.000872. The fourth-order valence-corrected chi connectivity index (χ4v) is 6.39. The molecule has 2 amide bonds. The van der Waals surface area contributed by atoms with Crippen molar-refractivity contribution >= 4 is 27.5 Å². The number of hydrogen-bond donors (Lipinski definition) is 0. The normalized spacial score (nSPS) is 23.3. The van der Waals surface area contributed by atoms with Crippen LogP contribution in [0.1, 0.15) is 51.0 Å². The molecule has 3 aliphatic heterocycles. The van der Waals surface area contributed by atoms with Gasteiger partial charge in [0.15, 0.2) is 0 Å². The molecule has 0 bridgehead atoms. The molecule has 1 aromatic carbocycles. The van der Waals surface area contributed by atoms with Crippen LogP contribution in [0, 0.1) is 0 Å². The van der Waals surface area contributed by atoms with Gasteiger partial charge in [-0.3, -0.25) is 9.59 Å². The molecular weight excluding hydrogens is 390 g/mol. The summed E-state index contributed by atoms with van der Waals surface area (Å²) in [5.74, 6) is -0.118. The van der Waals surface area contributed by atoms with Gasteiger partial charge in [-0.25, -0.2) is 8.42 Å². The molecule has 4 rings (SSSR count). The van der Waals surface area contributed by atoms with Crippen molar-refractivity contribution in [2.75, 3.05) is 31.1 Å². The predicted octanol–water partition coefficient (Wildman–Crippen LogP) is 2.15. The maximum Gasteiger partial charge on any atom is 0.243 e. The third-order valence-electron chi connectivity index (χ3n) is 6.35. The summed E-state index contributed by atoms with van der Waals surface area (Å²) in [5, 5.41) is 0. The number of rotatable bonds is 4. The van der Waals surface area contributed by atoms with E-state index >= 15 is 0 Å². The first-order valence-corrected chi connectivity index (χ1v) is 12.0. The van der Waals surface area contributed by atoms with Gasteiger partial charge in [0.2, 0.25) is 21.8 Å². The smallest absolute Gasteiger partial charge is 0.243 e. The van der Waals surface area contributed by atoms with E-state index in [0.29, 0.717) is 25.1 Å². The SMILES string of the molecule is C[C@H]1CCCCN1S(=O)(=O)c1ccc2c(c1)CCC(=O)N2CC(=O)N1CCCC1. The summed E-state index contributed by atoms with van der Waals surface area (Å²) in [5.41, 5.74) is 1.49. The highest BCUT2D eigenvalue weighted by atomic mass is 32.2. The molecule has 0 saturated carbocycles. The van der Waals surface area contributed by atoms with Gasteiger partial charge < -0.3 is 9.80 Å². The minimum atomic E-state index is -3.56. The molecule has 29 heavy (non-hydrogen) atoms. The van der Waals surface area contributed by atoms with Crippen LogP contribution in [0.5, 0.6) is 0 Å². The van der Waals surface area contributed by atoms with Crippen LogP contribution in [0.3, 0.4) is 0 Å². The quantitative estimate of drug-likeness (QED) is 0.749. The molecule has 0 unspecified atom stereocenters. The molecule has 0 aliphatic carbocycles. The van der Waals surface area contributed by atoms with Gasteiger partial charge in [0.05, 0.1) is 4.90 Å². The van der Waals surface area contributed by atoms with Gasteiger partial charge in [-0.2, -0.15) is 4.31 Å². The van der Waals surface area contributed by atoms with Crippen LogP contribution in [0.15, 0.2) is 23.1 Å². The standard InChI is InChI=1S/C21H29N3O4S/c1-16-6-2-3-13-24(16)29(27,28)18-8-9-19-17(14-18)7-10-20(25)23(19)15-21(26)22-11-4-5-12-22/h8-9,14,16H,2-7,10-13,15H2,1H3/t16-/m0/s1. The van der Waals surface area contributed by atoms with E-state index in [-0.39, 0.29) is 29.3 Å². The van der Waals surface area contributed by atoms with E-state index < -0.39 is 10.0 Å². The molecule has 1 aromatic rings. The molecule has 8 heteroatoms. The van der Waals surface area contributed by atoms with E-state index in [2.05, 4.69) is 0 Å². The van der Waals surface area contributed by atoms with Gasteiger partial charge in [-0.15, -0.1) is 0 Å². The molecule has 3 aliphatic rings. The molecule has 158 valence electrons. The number of amides is 2. The third-order valence-corrected chi connectivity index (χ3v) is 8.36. The first-order chi connectivity index (χ1) is 13.9. The van der Waals surface area contributed by atoms with Gasteiger partial charge in [0, 0.05) is 37.8 Å². The summed E-state index contributed by atoms with van der Waals surface area (Å²) >= 11 is 0. The van der Waals surface area contributed by atoms with E-state index in [1.807, 2.05) is 6.92 Å². The molecule has 7 nitrogen and oxygen atoms in total. The number of piperidine rings is 1. The highest BCUT2D eigenvalue weighted by molar-refractivity contribution is 7.89. The van der Waals surface area contributed by atoms with Gasteiger partial charge in [0.1, 0.15) is 6.54 Å². The Bertz CT molecular complexity index is 909. The first-order valence-electron chi connectivity index (χ1n) is 10.6. The van der Waals surface area contributed by atoms with Gasteiger partial charge in [-0.05, 0) is 62.8 Å². The Balaban J connectivity index is 1.59. The number of nitrogens with zero attached hydrogens (tertiary/aromatic N) is 3. The second-order valence-electron chi connectivity index (χ2n) is 8.32. The third kappa shape index (κ3) is 3.92. The molecule has 0 spiro atoms. The van der Waals surface area contributed by atoms with Gasteiger partial charge in [0.25, 0.3) is 0 Å². The van der Waals surface area contributed by atoms with Crippen LogP contribution < -0.4 is 4.90 Å². The monoisotopic (exact) mass is 419 g/mol. The van der Waals surface area contributed by atoms with Gasteiger partial charge >= 0.3 is 0 Å². The summed E-state index contributed by atoms with van der Waals surface area (Å²) in [6.07, 6.45) is 5.63. The van der Waals surface area contributed by atoms with E-state index in [1.165, 1.54) is 4.90 Å². The Morgan fingerprint density at radius 2 is 1.79 bits per heavy atom. The maximum absolute atomic E-state index is 13.2. The number of carbonyl (C=O) groups is 2. The summed E-state index contributed by atoms with van der Waals surface area (Å²) in [4.78, 5) is 28.7. The van der Waals surface area contributed by atoms with Crippen LogP contribution in [0.25, 0.3) is 0 Å². The summed E-state index contributed by atoms with van der Waals surface area (Å²) in [7, 11) is -3.56. The molecule has 0 N–H and O–H groups in total. The number of fused-ring (bicyclic) bond motifs is 1. The summed E-state index contributed by atoms with van der Waals surface area (Å²) in [6.45, 7) is 4.04. The van der Waals surface area contributed by atoms with Crippen LogP contribution in [0.4, 0.5) is 5.69 Å². The zero-order valence-corrected chi connectivity index (χ0v) is 17.8. The highest BCUT2D eigenvalue weighted by Gasteiger charge is 2.33. The van der Waals surface area contributed by atoms with Crippen LogP contribution in [0.2, 0.25) is 0 Å². The Kier molecular flexibility index (Phi) is 5.66. The number of hydrogen-bond acceptors (Lipinski definition) is 4. The Hall–Kier alpha value is -1.93. The molecule has 2 fully saturated rings. The Labute approximate surface area is 172 Å². The second-order valence-corrected chi connectivity index (χ2v) is 10.2. The summed E-state index contributed by atoms with van der Waals surface area (Å²) < 4.78 is 27.9. The topological polar surface area (TPSA) is 78.0 Å². The molecule has 0 aromatic heterocycles. The van der Waals surface area contributed by atoms with Crippen molar-refractivity contribution in [3.63, 3.8) is 0 Å². The molecular formula is C21H29N3O4S. The highest BCUT2D eigenvalue weighted by Crippen LogP contribution is 2.32. The molecule has 3 heterocycles. The zero-order chi connectivity index (χ0) is 20.6. The lowest BCUT2D eigenvalue weighted by Gasteiger charge is -2.33. The van der Waals surface area contributed by atoms with Crippen molar-refractivity contribution in [1.29, 1.82) is 0 Å². The lowest BCUT2D eigenvalue weighted by atomic mass is 10.0. The molecule has 0 radical (unpaired) electrons. The average molecular weight is 420 g/mol. The van der Waals surface area contributed by atoms with Crippen LogP contribution in [-0.4, -0.2) is 61.7 Å². The fraction of sp³-hybridized carbons (Fsp3) is 0.619. The predicted molar refractivity (Wildman–Crippen MR) is 110 cm³/mol. The van der Waals surface area contributed by atoms with E-state index in [9.17, 15) is 18.0 Å². The fourth-order valence-electron chi connectivity index (χ4n) is 4.64. The van der Waals surface area contributed by atoms with E-state index in [0.717, 1.165) is 50.8 Å². The Morgan fingerprint density at radius 1 is 1.07 bits per heavy atom. The van der Waals surface area contributed by atoms with Crippen molar-refractivity contribution < 1.29 is 18.0 Å². The van der Waals surface area contributed by atoms with Crippen LogP contribution >= 0.6 is 0 Å². The van der Waals surface area contributed by atoms with E-state index in [4.69, 9.17) is 0 Å². The molecule has 2 saturated heterocycles. The van der Waals surface area contributed by atoms with Gasteiger partial charge in [-0.1, -0.05) is 6.42 Å². The van der Waals surface area contributed by atoms with Crippen molar-refractivity contribution in [2.45, 2.75) is 62.8 Å². The van der Waals surface area contributed by atoms with Crippen molar-refractivity contribution in [3.05, 3.63) is 23.8 Å². The number of sulfonamides is 1. The molecule has 1 atom stereocenters. The Morgan fingerprint density at radius 3 is 2.52 bits per heavy atom. The number of carbonyl (C=O) groups excluding carboxylic acids is 2. The van der Waals surface area contributed by atoms with Crippen molar-refractivity contribution in [1.82, 2.24) is 9.21 Å². The van der Waals surface area contributed by atoms with Crippen molar-refractivity contribution in [3.8, 4) is 0 Å². The number of aryl methyl sites for hydroxylation is 1. The lowest BCUT2D eigenvalue weighted by Crippen LogP contribution is -2.44. The number of anilines is 1. The lowest BCUT2D eigenvalue weighted by molar-refractivity contribution is -0.130. The van der Waals surface area contributed by atoms with Crippen LogP contribution in [-0.2, 0) is 26.0 Å². The van der Waals surface area contributed by atoms with Crippen molar-refractivity contribution in [2.24, 2.45) is 0 Å².